The predicted octanol–water partition coefficient (Wildman–Crippen LogP) is 3.16. The fourth-order valence-corrected chi connectivity index (χ4v) is 3.39. The number of H-pyrrole nitrogens is 1. The van der Waals surface area contributed by atoms with Gasteiger partial charge in [0.25, 0.3) is 5.91 Å². The van der Waals surface area contributed by atoms with Crippen molar-refractivity contribution in [2.24, 2.45) is 0 Å². The zero-order valence-electron chi connectivity index (χ0n) is 16.7. The van der Waals surface area contributed by atoms with Gasteiger partial charge in [0.2, 0.25) is 5.91 Å². The number of para-hydroxylation sites is 2. The highest BCUT2D eigenvalue weighted by atomic mass is 16.5. The molecule has 0 saturated carbocycles. The molecule has 3 N–H and O–H groups in total. The van der Waals surface area contributed by atoms with Crippen molar-refractivity contribution in [1.82, 2.24) is 20.6 Å². The van der Waals surface area contributed by atoms with Crippen molar-refractivity contribution in [2.45, 2.75) is 19.5 Å². The maximum Gasteiger partial charge on any atom is 0.270 e. The van der Waals surface area contributed by atoms with Crippen LogP contribution in [-0.2, 0) is 11.3 Å². The molecule has 4 aromatic rings. The second kappa shape index (κ2) is 8.24. The first-order valence-electron chi connectivity index (χ1n) is 9.63. The summed E-state index contributed by atoms with van der Waals surface area (Å²) in [6.07, 6.45) is 1.64. The summed E-state index contributed by atoms with van der Waals surface area (Å²) in [7, 11) is 1.58. The van der Waals surface area contributed by atoms with Gasteiger partial charge in [0.05, 0.1) is 18.8 Å². The van der Waals surface area contributed by atoms with E-state index in [9.17, 15) is 9.59 Å². The van der Waals surface area contributed by atoms with Gasteiger partial charge in [-0.25, -0.2) is 4.98 Å². The summed E-state index contributed by atoms with van der Waals surface area (Å²) in [5.74, 6) is 0.00951. The molecule has 2 heterocycles. The Kier molecular flexibility index (Phi) is 5.34. The number of amides is 2. The van der Waals surface area contributed by atoms with Crippen molar-refractivity contribution >= 4 is 33.6 Å². The number of nitrogens with one attached hydrogen (secondary N) is 3. The predicted molar refractivity (Wildman–Crippen MR) is 115 cm³/mol. The molecule has 2 aromatic carbocycles. The van der Waals surface area contributed by atoms with Gasteiger partial charge >= 0.3 is 0 Å². The van der Waals surface area contributed by atoms with E-state index in [1.165, 1.54) is 0 Å². The second-order valence-electron chi connectivity index (χ2n) is 7.01. The van der Waals surface area contributed by atoms with Gasteiger partial charge in [-0.15, -0.1) is 0 Å². The number of aromatic amines is 1. The first-order chi connectivity index (χ1) is 14.6. The Labute approximate surface area is 173 Å². The quantitative estimate of drug-likeness (QED) is 0.462. The van der Waals surface area contributed by atoms with E-state index in [1.807, 2.05) is 48.5 Å². The van der Waals surface area contributed by atoms with Crippen LogP contribution in [-0.4, -0.2) is 34.9 Å². The number of fused-ring (bicyclic) bond motifs is 3. The Morgan fingerprint density at radius 2 is 1.83 bits per heavy atom. The van der Waals surface area contributed by atoms with Crippen LogP contribution in [0.2, 0.25) is 0 Å². The minimum atomic E-state index is -0.715. The zero-order chi connectivity index (χ0) is 21.1. The average molecular weight is 402 g/mol. The van der Waals surface area contributed by atoms with Crippen LogP contribution in [0.15, 0.2) is 60.8 Å². The van der Waals surface area contributed by atoms with E-state index in [4.69, 9.17) is 4.74 Å². The lowest BCUT2D eigenvalue weighted by atomic mass is 10.1. The van der Waals surface area contributed by atoms with Crippen molar-refractivity contribution in [2.75, 3.05) is 7.11 Å². The molecule has 0 aliphatic carbocycles. The zero-order valence-corrected chi connectivity index (χ0v) is 16.7. The number of pyridine rings is 1. The number of nitrogens with zero attached hydrogens (tertiary/aromatic N) is 1. The maximum atomic E-state index is 12.7. The Bertz CT molecular complexity index is 1230. The van der Waals surface area contributed by atoms with Gasteiger partial charge < -0.3 is 20.4 Å². The Morgan fingerprint density at radius 3 is 2.67 bits per heavy atom. The molecule has 30 heavy (non-hydrogen) atoms. The van der Waals surface area contributed by atoms with Crippen molar-refractivity contribution in [1.29, 1.82) is 0 Å². The third-order valence-corrected chi connectivity index (χ3v) is 5.01. The topological polar surface area (TPSA) is 96.1 Å². The maximum absolute atomic E-state index is 12.7. The SMILES string of the molecule is COc1ccccc1CNC(=O)C(C)NC(=O)c1cc2c(cn1)[nH]c1ccccc12. The first-order valence-corrected chi connectivity index (χ1v) is 9.63. The molecule has 2 amide bonds. The molecule has 0 aliphatic heterocycles. The molecule has 2 aromatic heterocycles. The Morgan fingerprint density at radius 1 is 1.07 bits per heavy atom. The standard InChI is InChI=1S/C23H22N4O3/c1-14(22(28)25-12-15-7-3-6-10-21(15)30-2)26-23(29)19-11-17-16-8-4-5-9-18(16)27-20(17)13-24-19/h3-11,13-14,27H,12H2,1-2H3,(H,25,28)(H,26,29). The fraction of sp³-hybridized carbons (Fsp3) is 0.174. The van der Waals surface area contributed by atoms with Gasteiger partial charge in [-0.2, -0.15) is 0 Å². The number of carbonyl (C=O) groups is 2. The van der Waals surface area contributed by atoms with Crippen molar-refractivity contribution in [3.05, 3.63) is 72.1 Å². The molecule has 0 bridgehead atoms. The number of hydrogen-bond acceptors (Lipinski definition) is 4. The molecule has 1 atom stereocenters. The molecule has 152 valence electrons. The number of rotatable bonds is 6. The van der Waals surface area contributed by atoms with Crippen LogP contribution >= 0.6 is 0 Å². The van der Waals surface area contributed by atoms with Gasteiger partial charge in [-0.3, -0.25) is 9.59 Å². The van der Waals surface area contributed by atoms with Gasteiger partial charge in [0, 0.05) is 28.4 Å². The van der Waals surface area contributed by atoms with Gasteiger partial charge in [0.15, 0.2) is 0 Å². The monoisotopic (exact) mass is 402 g/mol. The lowest BCUT2D eigenvalue weighted by Crippen LogP contribution is -2.44. The molecule has 0 spiro atoms. The fourth-order valence-electron chi connectivity index (χ4n) is 3.39. The van der Waals surface area contributed by atoms with Crippen LogP contribution in [0.1, 0.15) is 23.0 Å². The number of ether oxygens (including phenoxy) is 1. The van der Waals surface area contributed by atoms with E-state index in [-0.39, 0.29) is 11.6 Å². The number of carbonyl (C=O) groups excluding carboxylic acids is 2. The highest BCUT2D eigenvalue weighted by Crippen LogP contribution is 2.25. The van der Waals surface area contributed by atoms with Crippen LogP contribution in [0.3, 0.4) is 0 Å². The van der Waals surface area contributed by atoms with E-state index < -0.39 is 11.9 Å². The molecule has 0 aliphatic rings. The van der Waals surface area contributed by atoms with E-state index in [0.717, 1.165) is 27.4 Å². The summed E-state index contributed by atoms with van der Waals surface area (Å²) < 4.78 is 5.29. The lowest BCUT2D eigenvalue weighted by Gasteiger charge is -2.15. The molecule has 0 radical (unpaired) electrons. The highest BCUT2D eigenvalue weighted by molar-refractivity contribution is 6.09. The number of benzene rings is 2. The van der Waals surface area contributed by atoms with Crippen molar-refractivity contribution in [3.8, 4) is 5.75 Å². The summed E-state index contributed by atoms with van der Waals surface area (Å²) >= 11 is 0. The molecule has 0 fully saturated rings. The van der Waals surface area contributed by atoms with E-state index >= 15 is 0 Å². The summed E-state index contributed by atoms with van der Waals surface area (Å²) in [6, 6.07) is 16.3. The summed E-state index contributed by atoms with van der Waals surface area (Å²) in [5.41, 5.74) is 2.96. The minimum Gasteiger partial charge on any atom is -0.496 e. The molecule has 0 saturated heterocycles. The van der Waals surface area contributed by atoms with E-state index in [0.29, 0.717) is 12.3 Å². The average Bonchev–Trinajstić information content (AvgIpc) is 3.15. The van der Waals surface area contributed by atoms with Gasteiger partial charge in [-0.05, 0) is 25.1 Å². The number of methoxy groups -OCH3 is 1. The number of aromatic nitrogens is 2. The molecular formula is C23H22N4O3. The highest BCUT2D eigenvalue weighted by Gasteiger charge is 2.18. The van der Waals surface area contributed by atoms with Crippen LogP contribution in [0.4, 0.5) is 0 Å². The van der Waals surface area contributed by atoms with Crippen LogP contribution < -0.4 is 15.4 Å². The van der Waals surface area contributed by atoms with Crippen molar-refractivity contribution in [3.63, 3.8) is 0 Å². The summed E-state index contributed by atoms with van der Waals surface area (Å²) in [4.78, 5) is 32.6. The van der Waals surface area contributed by atoms with Crippen LogP contribution in [0, 0.1) is 0 Å². The largest absolute Gasteiger partial charge is 0.496 e. The number of hydrogen-bond donors (Lipinski definition) is 3. The van der Waals surface area contributed by atoms with Gasteiger partial charge in [-0.1, -0.05) is 36.4 Å². The molecule has 7 nitrogen and oxygen atoms in total. The Balaban J connectivity index is 1.43. The van der Waals surface area contributed by atoms with Gasteiger partial charge in [0.1, 0.15) is 17.5 Å². The molecule has 7 heteroatoms. The normalized spacial score (nSPS) is 11.9. The molecule has 4 rings (SSSR count). The van der Waals surface area contributed by atoms with E-state index in [2.05, 4.69) is 20.6 Å². The van der Waals surface area contributed by atoms with Crippen LogP contribution in [0.5, 0.6) is 5.75 Å². The lowest BCUT2D eigenvalue weighted by molar-refractivity contribution is -0.122. The molecular weight excluding hydrogens is 380 g/mol. The third-order valence-electron chi connectivity index (χ3n) is 5.01. The first kappa shape index (κ1) is 19.4. The Hall–Kier alpha value is -3.87. The third kappa shape index (κ3) is 3.82. The minimum absolute atomic E-state index is 0.261. The van der Waals surface area contributed by atoms with Crippen LogP contribution in [0.25, 0.3) is 21.8 Å². The summed E-state index contributed by atoms with van der Waals surface area (Å²) in [6.45, 7) is 1.95. The van der Waals surface area contributed by atoms with E-state index in [1.54, 1.807) is 26.3 Å². The molecule has 1 unspecified atom stereocenters. The van der Waals surface area contributed by atoms with Crippen molar-refractivity contribution < 1.29 is 14.3 Å². The smallest absolute Gasteiger partial charge is 0.270 e. The summed E-state index contributed by atoms with van der Waals surface area (Å²) in [5, 5.41) is 7.47. The second-order valence-corrected chi connectivity index (χ2v) is 7.01.